The average Bonchev–Trinajstić information content (AvgIpc) is 3.14. The molecule has 0 fully saturated rings. The maximum absolute atomic E-state index is 15.1. The molecule has 0 aliphatic rings. The summed E-state index contributed by atoms with van der Waals surface area (Å²) in [5.74, 6) is -0.192. The molecule has 1 N–H and O–H groups in total. The smallest absolute Gasteiger partial charge is 0.372 e. The quantitative estimate of drug-likeness (QED) is 0.0796. The van der Waals surface area contributed by atoms with Crippen molar-refractivity contribution in [3.05, 3.63) is 107 Å². The Hall–Kier alpha value is -5.97. The summed E-state index contributed by atoms with van der Waals surface area (Å²) in [4.78, 5) is 28.0. The lowest BCUT2D eigenvalue weighted by Gasteiger charge is -2.21. The molecule has 11 heteroatoms. The number of rotatable bonds is 15. The lowest BCUT2D eigenvalue weighted by Crippen LogP contribution is -2.45. The number of hydrogen-bond acceptors (Lipinski definition) is 10. The number of nitrogens with zero attached hydrogens (tertiary/aromatic N) is 1. The van der Waals surface area contributed by atoms with E-state index in [-0.39, 0.29) is 42.6 Å². The summed E-state index contributed by atoms with van der Waals surface area (Å²) >= 11 is 0. The molecule has 0 saturated heterocycles. The van der Waals surface area contributed by atoms with Crippen molar-refractivity contribution in [3.63, 3.8) is 0 Å². The van der Waals surface area contributed by atoms with E-state index in [2.05, 4.69) is 0 Å². The number of Topliss-reactive ketones (excluding diaryl/α,β-unsaturated/α-hetero) is 1. The Bertz CT molecular complexity index is 1990. The van der Waals surface area contributed by atoms with Gasteiger partial charge in [-0.3, -0.25) is 4.79 Å². The summed E-state index contributed by atoms with van der Waals surface area (Å²) in [6.07, 6.45) is 1.71. The van der Waals surface area contributed by atoms with E-state index in [4.69, 9.17) is 33.2 Å². The fourth-order valence-corrected chi connectivity index (χ4v) is 5.84. The maximum atomic E-state index is 15.1. The van der Waals surface area contributed by atoms with Crippen molar-refractivity contribution < 1.29 is 52.4 Å². The summed E-state index contributed by atoms with van der Waals surface area (Å²) in [5, 5.41) is 12.7. The molecule has 1 atom stereocenters. The zero-order valence-corrected chi connectivity index (χ0v) is 28.9. The SMILES string of the molecule is CCOC(=O)C[n+]1ccc2cc(OC)c(OC)cc2c1C(C(=O)c1cc(OC)c(OCc2ccccc2)cc1O)c1ccc(OC)c(OC)c1. The highest BCUT2D eigenvalue weighted by molar-refractivity contribution is 6.07. The van der Waals surface area contributed by atoms with E-state index in [1.807, 2.05) is 36.4 Å². The Morgan fingerprint density at radius 2 is 1.36 bits per heavy atom. The molecule has 4 aromatic carbocycles. The number of pyridine rings is 1. The monoisotopic (exact) mass is 682 g/mol. The van der Waals surface area contributed by atoms with Crippen molar-refractivity contribution in [1.82, 2.24) is 0 Å². The van der Waals surface area contributed by atoms with Crippen molar-refractivity contribution in [2.75, 3.05) is 42.2 Å². The van der Waals surface area contributed by atoms with Crippen LogP contribution >= 0.6 is 0 Å². The molecule has 1 unspecified atom stereocenters. The molecule has 260 valence electrons. The summed E-state index contributed by atoms with van der Waals surface area (Å²) in [6, 6.07) is 22.9. The standard InChI is InChI=1S/C39H39NO10/c1-7-49-36(42)22-40-16-15-25-17-32(46-4)33(47-5)19-27(25)38(40)37(26-13-14-30(44-2)31(18-26)45-3)39(43)28-20-34(48-6)35(21-29(28)41)50-23-24-11-9-8-10-12-24/h8-21,37H,7,22-23H2,1-6H3/p+1. The van der Waals surface area contributed by atoms with Crippen LogP contribution in [0.1, 0.15) is 40.0 Å². The largest absolute Gasteiger partial charge is 0.507 e. The van der Waals surface area contributed by atoms with Crippen LogP contribution in [-0.2, 0) is 22.7 Å². The molecule has 0 aliphatic heterocycles. The highest BCUT2D eigenvalue weighted by atomic mass is 16.5. The minimum atomic E-state index is -1.11. The number of esters is 1. The predicted octanol–water partition coefficient (Wildman–Crippen LogP) is 6.03. The zero-order valence-electron chi connectivity index (χ0n) is 28.9. The fraction of sp³-hybridized carbons (Fsp3) is 0.256. The van der Waals surface area contributed by atoms with E-state index in [0.29, 0.717) is 45.0 Å². The first kappa shape index (κ1) is 35.3. The van der Waals surface area contributed by atoms with Crippen LogP contribution in [0.15, 0.2) is 85.1 Å². The second-order valence-corrected chi connectivity index (χ2v) is 11.1. The van der Waals surface area contributed by atoms with Crippen LogP contribution in [0, 0.1) is 0 Å². The van der Waals surface area contributed by atoms with Gasteiger partial charge in [-0.2, -0.15) is 4.57 Å². The Morgan fingerprint density at radius 1 is 0.720 bits per heavy atom. The van der Waals surface area contributed by atoms with Gasteiger partial charge in [0.15, 0.2) is 46.5 Å². The van der Waals surface area contributed by atoms with E-state index >= 15 is 4.79 Å². The molecule has 5 aromatic rings. The summed E-state index contributed by atoms with van der Waals surface area (Å²) in [6.45, 7) is 1.91. The van der Waals surface area contributed by atoms with E-state index in [0.717, 1.165) is 5.56 Å². The van der Waals surface area contributed by atoms with Crippen LogP contribution in [0.5, 0.6) is 40.2 Å². The molecule has 0 bridgehead atoms. The summed E-state index contributed by atoms with van der Waals surface area (Å²) in [5.41, 5.74) is 1.80. The van der Waals surface area contributed by atoms with Crippen LogP contribution in [0.4, 0.5) is 0 Å². The first-order valence-electron chi connectivity index (χ1n) is 15.8. The molecule has 50 heavy (non-hydrogen) atoms. The minimum Gasteiger partial charge on any atom is -0.507 e. The molecule has 11 nitrogen and oxygen atoms in total. The number of ketones is 1. The number of fused-ring (bicyclic) bond motifs is 1. The van der Waals surface area contributed by atoms with Gasteiger partial charge in [0.2, 0.25) is 12.2 Å². The molecule has 0 radical (unpaired) electrons. The Kier molecular flexibility index (Phi) is 11.3. The summed E-state index contributed by atoms with van der Waals surface area (Å²) in [7, 11) is 7.53. The van der Waals surface area contributed by atoms with E-state index in [9.17, 15) is 9.90 Å². The van der Waals surface area contributed by atoms with Crippen molar-refractivity contribution in [2.24, 2.45) is 0 Å². The van der Waals surface area contributed by atoms with Gasteiger partial charge in [-0.25, -0.2) is 4.79 Å². The number of hydrogen-bond donors (Lipinski definition) is 1. The number of ether oxygens (including phenoxy) is 7. The molecule has 0 aliphatic carbocycles. The van der Waals surface area contributed by atoms with E-state index < -0.39 is 17.7 Å². The van der Waals surface area contributed by atoms with Crippen LogP contribution < -0.4 is 33.0 Å². The highest BCUT2D eigenvalue weighted by Gasteiger charge is 2.37. The Labute approximate surface area is 290 Å². The Morgan fingerprint density at radius 3 is 2.02 bits per heavy atom. The third-order valence-corrected chi connectivity index (χ3v) is 8.24. The van der Waals surface area contributed by atoms with Gasteiger partial charge in [-0.1, -0.05) is 36.4 Å². The van der Waals surface area contributed by atoms with Gasteiger partial charge in [0, 0.05) is 12.1 Å². The zero-order chi connectivity index (χ0) is 35.8. The second-order valence-electron chi connectivity index (χ2n) is 11.1. The molecular weight excluding hydrogens is 642 g/mol. The van der Waals surface area contributed by atoms with E-state index in [1.165, 1.54) is 47.7 Å². The van der Waals surface area contributed by atoms with Gasteiger partial charge in [0.05, 0.1) is 53.1 Å². The molecule has 0 spiro atoms. The molecule has 0 saturated carbocycles. The molecule has 0 amide bonds. The van der Waals surface area contributed by atoms with Crippen LogP contribution in [0.2, 0.25) is 0 Å². The third kappa shape index (κ3) is 7.36. The molecule has 5 rings (SSSR count). The van der Waals surface area contributed by atoms with Gasteiger partial charge < -0.3 is 38.3 Å². The van der Waals surface area contributed by atoms with Gasteiger partial charge in [-0.15, -0.1) is 0 Å². The first-order chi connectivity index (χ1) is 24.3. The second kappa shape index (κ2) is 16.0. The predicted molar refractivity (Wildman–Crippen MR) is 185 cm³/mol. The number of methoxy groups -OCH3 is 5. The fourth-order valence-electron chi connectivity index (χ4n) is 5.84. The van der Waals surface area contributed by atoms with Crippen molar-refractivity contribution >= 4 is 22.5 Å². The van der Waals surface area contributed by atoms with Gasteiger partial charge in [0.1, 0.15) is 18.3 Å². The van der Waals surface area contributed by atoms with Crippen molar-refractivity contribution in [2.45, 2.75) is 26.0 Å². The number of aromatic nitrogens is 1. The van der Waals surface area contributed by atoms with Crippen LogP contribution in [0.25, 0.3) is 10.8 Å². The Balaban J connectivity index is 1.76. The van der Waals surface area contributed by atoms with E-state index in [1.54, 1.807) is 48.0 Å². The third-order valence-electron chi connectivity index (χ3n) is 8.24. The molecule has 1 heterocycles. The average molecular weight is 683 g/mol. The molecular formula is C39H40NO10+. The van der Waals surface area contributed by atoms with Gasteiger partial charge in [-0.05, 0) is 53.8 Å². The minimum absolute atomic E-state index is 0.0335. The number of benzene rings is 4. The topological polar surface area (TPSA) is 123 Å². The normalized spacial score (nSPS) is 11.4. The number of phenols is 1. The highest BCUT2D eigenvalue weighted by Crippen LogP contribution is 2.42. The molecule has 1 aromatic heterocycles. The van der Waals surface area contributed by atoms with Crippen molar-refractivity contribution in [3.8, 4) is 40.2 Å². The number of carbonyl (C=O) groups is 2. The summed E-state index contributed by atoms with van der Waals surface area (Å²) < 4.78 is 41.0. The van der Waals surface area contributed by atoms with Crippen LogP contribution in [-0.4, -0.2) is 59.0 Å². The van der Waals surface area contributed by atoms with Crippen molar-refractivity contribution in [1.29, 1.82) is 0 Å². The number of carbonyl (C=O) groups excluding carboxylic acids is 2. The number of phenolic OH excluding ortho intramolecular Hbond substituents is 1. The lowest BCUT2D eigenvalue weighted by molar-refractivity contribution is -0.692. The van der Waals surface area contributed by atoms with Gasteiger partial charge in [0.25, 0.3) is 0 Å². The van der Waals surface area contributed by atoms with Crippen LogP contribution in [0.3, 0.4) is 0 Å². The maximum Gasteiger partial charge on any atom is 0.372 e. The number of aromatic hydroxyl groups is 1. The van der Waals surface area contributed by atoms with Gasteiger partial charge >= 0.3 is 5.97 Å². The first-order valence-corrected chi connectivity index (χ1v) is 15.8. The lowest BCUT2D eigenvalue weighted by atomic mass is 9.84.